The van der Waals surface area contributed by atoms with Gasteiger partial charge in [0.15, 0.2) is 5.82 Å². The van der Waals surface area contributed by atoms with Gasteiger partial charge in [0.2, 0.25) is 0 Å². The van der Waals surface area contributed by atoms with Crippen LogP contribution in [0, 0.1) is 18.2 Å². The zero-order valence-electron chi connectivity index (χ0n) is 19.2. The van der Waals surface area contributed by atoms with Crippen molar-refractivity contribution >= 4 is 23.0 Å². The van der Waals surface area contributed by atoms with Gasteiger partial charge in [0.05, 0.1) is 24.1 Å². The standard InChI is InChI=1S/C25H28FN7S/c1-16-19(12-31-33(16)18-4-6-25(7-5-18)8-10-28-15-25)17-11-22(23-21(27)13-30-32(23)14-17)34-24-20(26)3-2-9-29-24/h2-3,9,11-14,18,28H,4-8,10,15,27H2,1H3. The molecular formula is C25H28FN7S. The number of rotatable bonds is 4. The third-order valence-electron chi connectivity index (χ3n) is 7.59. The number of nitrogens with zero attached hydrogens (tertiary/aromatic N) is 5. The van der Waals surface area contributed by atoms with E-state index < -0.39 is 0 Å². The van der Waals surface area contributed by atoms with E-state index in [-0.39, 0.29) is 5.82 Å². The molecule has 1 saturated heterocycles. The predicted octanol–water partition coefficient (Wildman–Crippen LogP) is 4.87. The Kier molecular flexibility index (Phi) is 5.33. The Labute approximate surface area is 201 Å². The Hall–Kier alpha value is -2.91. The summed E-state index contributed by atoms with van der Waals surface area (Å²) in [5.41, 5.74) is 11.2. The average Bonchev–Trinajstić information content (AvgIpc) is 3.56. The van der Waals surface area contributed by atoms with E-state index >= 15 is 0 Å². The summed E-state index contributed by atoms with van der Waals surface area (Å²) in [4.78, 5) is 5.02. The van der Waals surface area contributed by atoms with Crippen molar-refractivity contribution in [1.29, 1.82) is 0 Å². The Morgan fingerprint density at radius 1 is 1.21 bits per heavy atom. The smallest absolute Gasteiger partial charge is 0.155 e. The lowest BCUT2D eigenvalue weighted by molar-refractivity contribution is 0.165. The molecule has 2 aliphatic rings. The summed E-state index contributed by atoms with van der Waals surface area (Å²) < 4.78 is 18.3. The number of aromatic nitrogens is 5. The van der Waals surface area contributed by atoms with Crippen LogP contribution < -0.4 is 11.1 Å². The average molecular weight is 478 g/mol. The predicted molar refractivity (Wildman–Crippen MR) is 131 cm³/mol. The molecule has 9 heteroatoms. The number of nitrogens with one attached hydrogen (secondary N) is 1. The summed E-state index contributed by atoms with van der Waals surface area (Å²) in [5, 5.41) is 13.1. The second-order valence-electron chi connectivity index (χ2n) is 9.62. The van der Waals surface area contributed by atoms with Crippen LogP contribution in [0.2, 0.25) is 0 Å². The molecule has 0 atom stereocenters. The van der Waals surface area contributed by atoms with Crippen LogP contribution in [0.1, 0.15) is 43.8 Å². The van der Waals surface area contributed by atoms with Gasteiger partial charge in [-0.1, -0.05) is 11.8 Å². The van der Waals surface area contributed by atoms with Gasteiger partial charge in [-0.15, -0.1) is 0 Å². The molecule has 0 bridgehead atoms. The number of fused-ring (bicyclic) bond motifs is 1. The highest BCUT2D eigenvalue weighted by molar-refractivity contribution is 7.99. The van der Waals surface area contributed by atoms with Crippen molar-refractivity contribution in [3.05, 3.63) is 54.5 Å². The molecule has 176 valence electrons. The van der Waals surface area contributed by atoms with Crippen LogP contribution in [0.5, 0.6) is 0 Å². The molecule has 0 radical (unpaired) electrons. The third-order valence-corrected chi connectivity index (χ3v) is 8.61. The van der Waals surface area contributed by atoms with Gasteiger partial charge < -0.3 is 11.1 Å². The highest BCUT2D eigenvalue weighted by atomic mass is 32.2. The van der Waals surface area contributed by atoms with Gasteiger partial charge in [-0.2, -0.15) is 10.2 Å². The first kappa shape index (κ1) is 21.6. The van der Waals surface area contributed by atoms with Crippen molar-refractivity contribution < 1.29 is 4.39 Å². The van der Waals surface area contributed by atoms with Crippen molar-refractivity contribution in [1.82, 2.24) is 29.7 Å². The minimum Gasteiger partial charge on any atom is -0.396 e. The first-order valence-electron chi connectivity index (χ1n) is 11.8. The van der Waals surface area contributed by atoms with Crippen molar-refractivity contribution in [2.45, 2.75) is 55.0 Å². The van der Waals surface area contributed by atoms with Gasteiger partial charge in [0.25, 0.3) is 0 Å². The second kappa shape index (κ2) is 8.39. The van der Waals surface area contributed by atoms with Gasteiger partial charge in [-0.3, -0.25) is 4.68 Å². The van der Waals surface area contributed by atoms with E-state index in [0.29, 0.717) is 22.2 Å². The van der Waals surface area contributed by atoms with Gasteiger partial charge in [-0.25, -0.2) is 13.9 Å². The van der Waals surface area contributed by atoms with Crippen molar-refractivity contribution in [2.75, 3.05) is 18.8 Å². The monoisotopic (exact) mass is 477 g/mol. The summed E-state index contributed by atoms with van der Waals surface area (Å²) in [5.74, 6) is -0.356. The molecule has 7 nitrogen and oxygen atoms in total. The first-order chi connectivity index (χ1) is 16.5. The quantitative estimate of drug-likeness (QED) is 0.436. The molecule has 0 amide bonds. The fourth-order valence-electron chi connectivity index (χ4n) is 5.64. The molecule has 4 aromatic heterocycles. The van der Waals surface area contributed by atoms with Crippen LogP contribution in [-0.4, -0.2) is 37.5 Å². The van der Waals surface area contributed by atoms with E-state index in [2.05, 4.69) is 27.0 Å². The Bertz CT molecular complexity index is 1340. The lowest BCUT2D eigenvalue weighted by Gasteiger charge is -2.37. The number of nitrogens with two attached hydrogens (primary N) is 1. The van der Waals surface area contributed by atoms with E-state index in [4.69, 9.17) is 10.8 Å². The van der Waals surface area contributed by atoms with Crippen LogP contribution in [0.15, 0.2) is 52.9 Å². The third kappa shape index (κ3) is 3.67. The summed E-state index contributed by atoms with van der Waals surface area (Å²) in [7, 11) is 0. The number of hydrogen-bond acceptors (Lipinski definition) is 6. The molecule has 0 aromatic carbocycles. The molecule has 5 heterocycles. The molecule has 6 rings (SSSR count). The number of nitrogen functional groups attached to an aromatic ring is 1. The fourth-order valence-corrected chi connectivity index (χ4v) is 6.62. The van der Waals surface area contributed by atoms with E-state index in [1.165, 1.54) is 49.9 Å². The lowest BCUT2D eigenvalue weighted by atomic mass is 9.72. The largest absolute Gasteiger partial charge is 0.396 e. The molecule has 1 spiro atoms. The molecule has 34 heavy (non-hydrogen) atoms. The molecule has 3 N–H and O–H groups in total. The second-order valence-corrected chi connectivity index (χ2v) is 10.7. The molecular weight excluding hydrogens is 449 g/mol. The van der Waals surface area contributed by atoms with E-state index in [0.717, 1.165) is 40.3 Å². The molecule has 0 unspecified atom stereocenters. The maximum absolute atomic E-state index is 14.4. The minimum absolute atomic E-state index is 0.312. The van der Waals surface area contributed by atoms with Crippen LogP contribution in [0.25, 0.3) is 16.6 Å². The maximum Gasteiger partial charge on any atom is 0.155 e. The SMILES string of the molecule is Cc1c(-c2cc(Sc3ncccc3F)c3c(N)cnn3c2)cnn1C1CCC2(CCNC2)CC1. The number of halogens is 1. The van der Waals surface area contributed by atoms with Gasteiger partial charge >= 0.3 is 0 Å². The summed E-state index contributed by atoms with van der Waals surface area (Å²) in [6.07, 6.45) is 13.3. The number of hydrogen-bond donors (Lipinski definition) is 2. The number of pyridine rings is 2. The Morgan fingerprint density at radius 3 is 2.82 bits per heavy atom. The summed E-state index contributed by atoms with van der Waals surface area (Å²) in [6, 6.07) is 5.48. The maximum atomic E-state index is 14.4. The minimum atomic E-state index is -0.356. The summed E-state index contributed by atoms with van der Waals surface area (Å²) >= 11 is 1.26. The van der Waals surface area contributed by atoms with Crippen molar-refractivity contribution in [3.63, 3.8) is 0 Å². The fraction of sp³-hybridized carbons (Fsp3) is 0.400. The number of anilines is 1. The van der Waals surface area contributed by atoms with E-state index in [1.807, 2.05) is 18.5 Å². The first-order valence-corrected chi connectivity index (χ1v) is 12.7. The Morgan fingerprint density at radius 2 is 2.06 bits per heavy atom. The van der Waals surface area contributed by atoms with Gasteiger partial charge in [0.1, 0.15) is 10.5 Å². The highest BCUT2D eigenvalue weighted by Gasteiger charge is 2.38. The van der Waals surface area contributed by atoms with Crippen LogP contribution in [0.4, 0.5) is 10.1 Å². The summed E-state index contributed by atoms with van der Waals surface area (Å²) in [6.45, 7) is 4.45. The van der Waals surface area contributed by atoms with Crippen LogP contribution in [0.3, 0.4) is 0 Å². The zero-order valence-corrected chi connectivity index (χ0v) is 20.0. The van der Waals surface area contributed by atoms with E-state index in [9.17, 15) is 4.39 Å². The topological polar surface area (TPSA) is 86.1 Å². The lowest BCUT2D eigenvalue weighted by Crippen LogP contribution is -2.31. The van der Waals surface area contributed by atoms with Crippen LogP contribution in [-0.2, 0) is 0 Å². The van der Waals surface area contributed by atoms with Gasteiger partial charge in [0, 0.05) is 40.7 Å². The molecule has 2 fully saturated rings. The van der Waals surface area contributed by atoms with Crippen molar-refractivity contribution in [2.24, 2.45) is 5.41 Å². The Balaban J connectivity index is 1.34. The molecule has 1 aliphatic carbocycles. The molecule has 1 saturated carbocycles. The highest BCUT2D eigenvalue weighted by Crippen LogP contribution is 2.45. The molecule has 1 aliphatic heterocycles. The van der Waals surface area contributed by atoms with E-state index in [1.54, 1.807) is 23.0 Å². The van der Waals surface area contributed by atoms with Crippen molar-refractivity contribution in [3.8, 4) is 11.1 Å². The normalized spacial score (nSPS) is 22.7. The zero-order chi connectivity index (χ0) is 23.3. The molecule has 4 aromatic rings. The van der Waals surface area contributed by atoms with Crippen LogP contribution >= 0.6 is 11.8 Å². The van der Waals surface area contributed by atoms with Gasteiger partial charge in [-0.05, 0) is 69.2 Å².